The summed E-state index contributed by atoms with van der Waals surface area (Å²) >= 11 is 0. The van der Waals surface area contributed by atoms with Gasteiger partial charge in [0.15, 0.2) is 6.19 Å². The molecule has 0 unspecified atom stereocenters. The molecule has 5 nitrogen and oxygen atoms in total. The van der Waals surface area contributed by atoms with Crippen LogP contribution in [-0.2, 0) is 6.42 Å². The van der Waals surface area contributed by atoms with Crippen LogP contribution in [0, 0.1) is 18.4 Å². The smallest absolute Gasteiger partial charge is 0.182 e. The summed E-state index contributed by atoms with van der Waals surface area (Å²) in [4.78, 5) is 8.02. The standard InChI is InChI=1S/C14H15N5/c1-11-2-4-12(5-3-11)6-7-16-13-8-14(17-9-15)19-10-18-13/h2-5,8,10H,6-7H2,1H3,(H2,16,17,18,19). The zero-order valence-corrected chi connectivity index (χ0v) is 10.7. The first-order valence-electron chi connectivity index (χ1n) is 6.04. The average Bonchev–Trinajstić information content (AvgIpc) is 2.42. The van der Waals surface area contributed by atoms with Crippen molar-refractivity contribution in [3.05, 3.63) is 47.8 Å². The molecular weight excluding hydrogens is 238 g/mol. The third-order valence-electron chi connectivity index (χ3n) is 2.69. The summed E-state index contributed by atoms with van der Waals surface area (Å²) in [6.07, 6.45) is 4.18. The van der Waals surface area contributed by atoms with E-state index in [1.807, 2.05) is 6.19 Å². The SMILES string of the molecule is Cc1ccc(CCNc2cc(NC#N)ncn2)cc1. The lowest BCUT2D eigenvalue weighted by Crippen LogP contribution is -2.07. The molecule has 0 atom stereocenters. The number of aryl methyl sites for hydroxylation is 1. The summed E-state index contributed by atoms with van der Waals surface area (Å²) < 4.78 is 0. The molecule has 2 aromatic rings. The van der Waals surface area contributed by atoms with Crippen molar-refractivity contribution in [2.75, 3.05) is 17.2 Å². The van der Waals surface area contributed by atoms with Gasteiger partial charge in [-0.2, -0.15) is 5.26 Å². The second-order valence-electron chi connectivity index (χ2n) is 4.19. The Morgan fingerprint density at radius 1 is 1.16 bits per heavy atom. The number of aromatic nitrogens is 2. The van der Waals surface area contributed by atoms with Crippen molar-refractivity contribution in [1.82, 2.24) is 9.97 Å². The summed E-state index contributed by atoms with van der Waals surface area (Å²) in [7, 11) is 0. The molecule has 0 aliphatic heterocycles. The minimum atomic E-state index is 0.496. The van der Waals surface area contributed by atoms with Gasteiger partial charge < -0.3 is 5.32 Å². The van der Waals surface area contributed by atoms with Crippen LogP contribution in [0.5, 0.6) is 0 Å². The van der Waals surface area contributed by atoms with Gasteiger partial charge in [-0.1, -0.05) is 29.8 Å². The van der Waals surface area contributed by atoms with Crippen molar-refractivity contribution in [3.63, 3.8) is 0 Å². The van der Waals surface area contributed by atoms with E-state index in [0.717, 1.165) is 13.0 Å². The third-order valence-corrected chi connectivity index (χ3v) is 2.69. The molecule has 96 valence electrons. The van der Waals surface area contributed by atoms with Crippen molar-refractivity contribution in [2.24, 2.45) is 0 Å². The second kappa shape index (κ2) is 6.36. The highest BCUT2D eigenvalue weighted by Gasteiger charge is 1.98. The van der Waals surface area contributed by atoms with Gasteiger partial charge in [-0.15, -0.1) is 0 Å². The molecule has 0 amide bonds. The predicted molar refractivity (Wildman–Crippen MR) is 74.6 cm³/mol. The van der Waals surface area contributed by atoms with Crippen molar-refractivity contribution in [3.8, 4) is 6.19 Å². The van der Waals surface area contributed by atoms with Gasteiger partial charge in [-0.3, -0.25) is 5.32 Å². The number of nitriles is 1. The Morgan fingerprint density at radius 2 is 1.89 bits per heavy atom. The zero-order valence-electron chi connectivity index (χ0n) is 10.7. The van der Waals surface area contributed by atoms with Gasteiger partial charge in [-0.25, -0.2) is 9.97 Å². The van der Waals surface area contributed by atoms with E-state index in [-0.39, 0.29) is 0 Å². The van der Waals surface area contributed by atoms with Crippen LogP contribution in [0.3, 0.4) is 0 Å². The normalized spacial score (nSPS) is 9.68. The van der Waals surface area contributed by atoms with E-state index in [1.54, 1.807) is 6.07 Å². The fourth-order valence-corrected chi connectivity index (χ4v) is 1.67. The molecule has 0 saturated carbocycles. The average molecular weight is 253 g/mol. The van der Waals surface area contributed by atoms with Crippen LogP contribution in [0.15, 0.2) is 36.7 Å². The lowest BCUT2D eigenvalue weighted by atomic mass is 10.1. The predicted octanol–water partition coefficient (Wildman–Crippen LogP) is 2.33. The summed E-state index contributed by atoms with van der Waals surface area (Å²) in [6.45, 7) is 2.86. The van der Waals surface area contributed by atoms with Gasteiger partial charge >= 0.3 is 0 Å². The summed E-state index contributed by atoms with van der Waals surface area (Å²) in [5.41, 5.74) is 2.54. The molecule has 5 heteroatoms. The van der Waals surface area contributed by atoms with Gasteiger partial charge in [0.2, 0.25) is 0 Å². The first kappa shape index (κ1) is 12.8. The van der Waals surface area contributed by atoms with Gasteiger partial charge in [0.05, 0.1) is 0 Å². The Bertz CT molecular complexity index is 571. The Hall–Kier alpha value is -2.61. The molecule has 2 rings (SSSR count). The minimum Gasteiger partial charge on any atom is -0.370 e. The number of rotatable bonds is 5. The van der Waals surface area contributed by atoms with Crippen molar-refractivity contribution < 1.29 is 0 Å². The number of nitrogens with one attached hydrogen (secondary N) is 2. The van der Waals surface area contributed by atoms with Crippen molar-refractivity contribution >= 4 is 11.6 Å². The van der Waals surface area contributed by atoms with Gasteiger partial charge in [0.1, 0.15) is 18.0 Å². The molecule has 0 saturated heterocycles. The summed E-state index contributed by atoms with van der Waals surface area (Å²) in [6, 6.07) is 10.2. The van der Waals surface area contributed by atoms with Crippen molar-refractivity contribution in [1.29, 1.82) is 5.26 Å². The maximum atomic E-state index is 8.52. The number of benzene rings is 1. The Kier molecular flexibility index (Phi) is 4.29. The number of hydrogen-bond donors (Lipinski definition) is 2. The van der Waals surface area contributed by atoms with E-state index in [2.05, 4.69) is 51.8 Å². The minimum absolute atomic E-state index is 0.496. The molecule has 1 aromatic heterocycles. The van der Waals surface area contributed by atoms with Crippen molar-refractivity contribution in [2.45, 2.75) is 13.3 Å². The molecule has 0 spiro atoms. The number of nitrogens with zero attached hydrogens (tertiary/aromatic N) is 3. The lowest BCUT2D eigenvalue weighted by molar-refractivity contribution is 0.999. The topological polar surface area (TPSA) is 73.6 Å². The van der Waals surface area contributed by atoms with Crippen LogP contribution in [0.1, 0.15) is 11.1 Å². The molecule has 0 aliphatic carbocycles. The zero-order chi connectivity index (χ0) is 13.5. The van der Waals surface area contributed by atoms with E-state index in [0.29, 0.717) is 11.6 Å². The molecule has 0 fully saturated rings. The summed E-state index contributed by atoms with van der Waals surface area (Å²) in [5, 5.41) is 14.2. The highest BCUT2D eigenvalue weighted by molar-refractivity contribution is 5.48. The maximum absolute atomic E-state index is 8.52. The molecule has 0 bridgehead atoms. The molecule has 1 heterocycles. The molecular formula is C14H15N5. The Balaban J connectivity index is 1.87. The second-order valence-corrected chi connectivity index (χ2v) is 4.19. The molecule has 0 radical (unpaired) electrons. The lowest BCUT2D eigenvalue weighted by Gasteiger charge is -2.06. The number of hydrogen-bond acceptors (Lipinski definition) is 5. The Labute approximate surface area is 112 Å². The van der Waals surface area contributed by atoms with E-state index >= 15 is 0 Å². The fraction of sp³-hybridized carbons (Fsp3) is 0.214. The van der Waals surface area contributed by atoms with Crippen LogP contribution >= 0.6 is 0 Å². The fourth-order valence-electron chi connectivity index (χ4n) is 1.67. The van der Waals surface area contributed by atoms with E-state index in [9.17, 15) is 0 Å². The first-order valence-corrected chi connectivity index (χ1v) is 6.04. The van der Waals surface area contributed by atoms with Gasteiger partial charge in [0, 0.05) is 12.6 Å². The third kappa shape index (κ3) is 3.96. The van der Waals surface area contributed by atoms with Crippen LogP contribution < -0.4 is 10.6 Å². The molecule has 0 aliphatic rings. The molecule has 19 heavy (non-hydrogen) atoms. The highest BCUT2D eigenvalue weighted by atomic mass is 15.1. The van der Waals surface area contributed by atoms with E-state index < -0.39 is 0 Å². The van der Waals surface area contributed by atoms with Gasteiger partial charge in [0.25, 0.3) is 0 Å². The quantitative estimate of drug-likeness (QED) is 0.632. The Morgan fingerprint density at radius 3 is 2.63 bits per heavy atom. The van der Waals surface area contributed by atoms with E-state index in [1.165, 1.54) is 17.5 Å². The van der Waals surface area contributed by atoms with Crippen LogP contribution in [0.2, 0.25) is 0 Å². The first-order chi connectivity index (χ1) is 9.28. The monoisotopic (exact) mass is 253 g/mol. The largest absolute Gasteiger partial charge is 0.370 e. The van der Waals surface area contributed by atoms with E-state index in [4.69, 9.17) is 5.26 Å². The van der Waals surface area contributed by atoms with Gasteiger partial charge in [-0.05, 0) is 18.9 Å². The summed E-state index contributed by atoms with van der Waals surface area (Å²) in [5.74, 6) is 1.20. The number of anilines is 2. The maximum Gasteiger partial charge on any atom is 0.182 e. The van der Waals surface area contributed by atoms with Crippen LogP contribution in [0.4, 0.5) is 11.6 Å². The van der Waals surface area contributed by atoms with Crippen LogP contribution in [-0.4, -0.2) is 16.5 Å². The molecule has 1 aromatic carbocycles. The molecule has 2 N–H and O–H groups in total. The highest BCUT2D eigenvalue weighted by Crippen LogP contribution is 2.09. The van der Waals surface area contributed by atoms with Crippen LogP contribution in [0.25, 0.3) is 0 Å².